The molecule has 2 aliphatic heterocycles. The van der Waals surface area contributed by atoms with E-state index in [0.717, 1.165) is 35.0 Å². The predicted molar refractivity (Wildman–Crippen MR) is 131 cm³/mol. The fourth-order valence-corrected chi connectivity index (χ4v) is 4.87. The van der Waals surface area contributed by atoms with Crippen molar-refractivity contribution in [1.82, 2.24) is 14.5 Å². The van der Waals surface area contributed by atoms with Gasteiger partial charge in [-0.15, -0.1) is 0 Å². The predicted octanol–water partition coefficient (Wildman–Crippen LogP) is 5.04. The number of aryl methyl sites for hydroxylation is 2. The molecule has 1 unspecified atom stereocenters. The highest BCUT2D eigenvalue weighted by Gasteiger charge is 2.53. The largest absolute Gasteiger partial charge is 0.495 e. The number of aromatic nitrogens is 2. The number of imidazole rings is 1. The Morgan fingerprint density at radius 1 is 1.22 bits per heavy atom. The number of Topliss-reactive ketones (excluding diaryl/α,β-unsaturated/α-hetero) is 1. The maximum absolute atomic E-state index is 14.3. The van der Waals surface area contributed by atoms with Crippen LogP contribution in [0.1, 0.15) is 42.1 Å². The van der Waals surface area contributed by atoms with Gasteiger partial charge in [0.25, 0.3) is 5.72 Å². The quantitative estimate of drug-likeness (QED) is 0.499. The third-order valence-corrected chi connectivity index (χ3v) is 6.63. The molecule has 0 bridgehead atoms. The minimum absolute atomic E-state index is 0.0933. The summed E-state index contributed by atoms with van der Waals surface area (Å²) in [7, 11) is 1.61. The first kappa shape index (κ1) is 23.7. The van der Waals surface area contributed by atoms with Crippen LogP contribution in [0.3, 0.4) is 0 Å². The highest BCUT2D eigenvalue weighted by molar-refractivity contribution is 6.06. The van der Waals surface area contributed by atoms with Gasteiger partial charge in [-0.05, 0) is 73.7 Å². The van der Waals surface area contributed by atoms with Crippen LogP contribution in [0.15, 0.2) is 53.6 Å². The van der Waals surface area contributed by atoms with Gasteiger partial charge in [0.05, 0.1) is 24.8 Å². The number of halogens is 2. The molecule has 2 aromatic carbocycles. The lowest BCUT2D eigenvalue weighted by atomic mass is 9.91. The summed E-state index contributed by atoms with van der Waals surface area (Å²) in [4.78, 5) is 24.8. The second-order valence-electron chi connectivity index (χ2n) is 9.07. The first-order valence-corrected chi connectivity index (χ1v) is 11.7. The molecule has 1 saturated heterocycles. The van der Waals surface area contributed by atoms with Crippen molar-refractivity contribution in [3.8, 4) is 11.4 Å². The summed E-state index contributed by atoms with van der Waals surface area (Å²) in [5.41, 5.74) is 2.18. The van der Waals surface area contributed by atoms with Gasteiger partial charge in [-0.2, -0.15) is 0 Å². The Morgan fingerprint density at radius 2 is 2.03 bits per heavy atom. The van der Waals surface area contributed by atoms with Crippen LogP contribution in [-0.2, 0) is 15.4 Å². The molecule has 186 valence electrons. The van der Waals surface area contributed by atoms with Gasteiger partial charge in [0.1, 0.15) is 5.75 Å². The lowest BCUT2D eigenvalue weighted by molar-refractivity contribution is -0.159. The second-order valence-corrected chi connectivity index (χ2v) is 9.07. The van der Waals surface area contributed by atoms with E-state index < -0.39 is 17.4 Å². The zero-order valence-corrected chi connectivity index (χ0v) is 20.5. The van der Waals surface area contributed by atoms with Crippen LogP contribution >= 0.6 is 0 Å². The molecule has 0 amide bonds. The lowest BCUT2D eigenvalue weighted by Crippen LogP contribution is -2.53. The molecule has 5 rings (SSSR count). The number of ketones is 1. The number of rotatable bonds is 5. The molecule has 0 N–H and O–H groups in total. The maximum Gasteiger partial charge on any atom is 0.295 e. The summed E-state index contributed by atoms with van der Waals surface area (Å²) >= 11 is 0. The molecule has 0 radical (unpaired) electrons. The van der Waals surface area contributed by atoms with Gasteiger partial charge in [0, 0.05) is 25.2 Å². The number of fused-ring (bicyclic) bond motifs is 1. The van der Waals surface area contributed by atoms with Gasteiger partial charge in [0.2, 0.25) is 5.78 Å². The number of carbonyl (C=O) groups excluding carboxylic acids is 1. The number of hydrogen-bond acceptors (Lipinski definition) is 6. The number of hydrogen-bond donors (Lipinski definition) is 0. The number of ether oxygens (including phenoxy) is 1. The molecular formula is C27H26F2N4O3. The molecule has 0 saturated carbocycles. The van der Waals surface area contributed by atoms with E-state index in [-0.39, 0.29) is 16.9 Å². The molecule has 7 nitrogen and oxygen atoms in total. The fourth-order valence-electron chi connectivity index (χ4n) is 4.87. The molecule has 2 aliphatic rings. The molecule has 1 aromatic heterocycles. The Kier molecular flexibility index (Phi) is 5.86. The first-order chi connectivity index (χ1) is 17.2. The van der Waals surface area contributed by atoms with Crippen molar-refractivity contribution in [2.45, 2.75) is 39.3 Å². The van der Waals surface area contributed by atoms with Crippen LogP contribution in [0.4, 0.5) is 8.78 Å². The van der Waals surface area contributed by atoms with Crippen LogP contribution in [0.25, 0.3) is 11.8 Å². The van der Waals surface area contributed by atoms with Crippen molar-refractivity contribution in [2.24, 2.45) is 5.16 Å². The van der Waals surface area contributed by atoms with Gasteiger partial charge < -0.3 is 19.0 Å². The van der Waals surface area contributed by atoms with Gasteiger partial charge in [0.15, 0.2) is 17.5 Å². The number of methoxy groups -OCH3 is 1. The highest BCUT2D eigenvalue weighted by Crippen LogP contribution is 2.42. The summed E-state index contributed by atoms with van der Waals surface area (Å²) in [5.74, 6) is -1.16. The molecule has 3 aromatic rings. The van der Waals surface area contributed by atoms with E-state index in [2.05, 4.69) is 10.1 Å². The van der Waals surface area contributed by atoms with Gasteiger partial charge in [-0.3, -0.25) is 4.79 Å². The number of amidine groups is 1. The molecular weight excluding hydrogens is 466 g/mol. The maximum atomic E-state index is 14.3. The van der Waals surface area contributed by atoms with Crippen molar-refractivity contribution in [2.75, 3.05) is 13.7 Å². The minimum atomic E-state index is -1.64. The molecule has 9 heteroatoms. The third-order valence-electron chi connectivity index (χ3n) is 6.63. The number of piperidine rings is 1. The molecule has 3 heterocycles. The average molecular weight is 493 g/mol. The molecule has 0 spiro atoms. The third kappa shape index (κ3) is 3.75. The summed E-state index contributed by atoms with van der Waals surface area (Å²) in [6.07, 6.45) is 7.08. The van der Waals surface area contributed by atoms with Crippen LogP contribution in [0.2, 0.25) is 0 Å². The van der Waals surface area contributed by atoms with Crippen molar-refractivity contribution in [1.29, 1.82) is 0 Å². The lowest BCUT2D eigenvalue weighted by Gasteiger charge is -2.38. The van der Waals surface area contributed by atoms with E-state index >= 15 is 0 Å². The Morgan fingerprint density at radius 3 is 2.69 bits per heavy atom. The molecule has 1 atom stereocenters. The number of carbonyl (C=O) groups is 1. The Labute approximate surface area is 207 Å². The minimum Gasteiger partial charge on any atom is -0.495 e. The molecule has 0 aliphatic carbocycles. The summed E-state index contributed by atoms with van der Waals surface area (Å²) in [5, 5.41) is 4.27. The Balaban J connectivity index is 1.52. The van der Waals surface area contributed by atoms with Crippen molar-refractivity contribution >= 4 is 17.7 Å². The second kappa shape index (κ2) is 8.89. The normalized spacial score (nSPS) is 20.2. The van der Waals surface area contributed by atoms with Crippen LogP contribution in [-0.4, -0.2) is 39.7 Å². The van der Waals surface area contributed by atoms with E-state index in [1.807, 2.05) is 42.0 Å². The zero-order chi connectivity index (χ0) is 25.6. The zero-order valence-electron chi connectivity index (χ0n) is 20.5. The topological polar surface area (TPSA) is 69.0 Å². The van der Waals surface area contributed by atoms with Gasteiger partial charge in [-0.25, -0.2) is 13.8 Å². The monoisotopic (exact) mass is 492 g/mol. The first-order valence-electron chi connectivity index (χ1n) is 11.7. The standard InChI is InChI=1S/C27H26F2N4O3/c1-16-10-21(13-22(28)25(16)29)27(18(3)34)33-9-5-6-20(26(33)31-36-27)11-19-7-8-23(24(12-19)35-4)32-14-17(2)30-15-32/h7-8,10-15H,5-6,9H2,1-4H3/b20-11+. The van der Waals surface area contributed by atoms with E-state index in [0.29, 0.717) is 24.6 Å². The van der Waals surface area contributed by atoms with Crippen molar-refractivity contribution in [3.05, 3.63) is 82.4 Å². The van der Waals surface area contributed by atoms with E-state index in [1.54, 1.807) is 18.3 Å². The van der Waals surface area contributed by atoms with Crippen LogP contribution in [0, 0.1) is 25.5 Å². The molecule has 1 fully saturated rings. The number of benzene rings is 2. The highest BCUT2D eigenvalue weighted by atomic mass is 19.2. The fraction of sp³-hybridized carbons (Fsp3) is 0.296. The van der Waals surface area contributed by atoms with Crippen molar-refractivity contribution < 1.29 is 23.1 Å². The Bertz CT molecular complexity index is 1410. The molecule has 36 heavy (non-hydrogen) atoms. The smallest absolute Gasteiger partial charge is 0.295 e. The van der Waals surface area contributed by atoms with Gasteiger partial charge >= 0.3 is 0 Å². The van der Waals surface area contributed by atoms with Crippen LogP contribution < -0.4 is 4.74 Å². The Hall–Kier alpha value is -4.01. The van der Waals surface area contributed by atoms with E-state index in [1.165, 1.54) is 19.9 Å². The average Bonchev–Trinajstić information content (AvgIpc) is 3.47. The summed E-state index contributed by atoms with van der Waals surface area (Å²) in [6.45, 7) is 5.23. The number of nitrogens with zero attached hydrogens (tertiary/aromatic N) is 4. The SMILES string of the molecule is COc1cc(/C=C2\CCCN3C2=NOC3(C(C)=O)c2cc(C)c(F)c(F)c2)ccc1-n1cnc(C)c1. The van der Waals surface area contributed by atoms with Crippen molar-refractivity contribution in [3.63, 3.8) is 0 Å². The summed E-state index contributed by atoms with van der Waals surface area (Å²) < 4.78 is 35.8. The van der Waals surface area contributed by atoms with E-state index in [4.69, 9.17) is 9.57 Å². The van der Waals surface area contributed by atoms with E-state index in [9.17, 15) is 13.6 Å². The summed E-state index contributed by atoms with van der Waals surface area (Å²) in [6, 6.07) is 8.29. The van der Waals surface area contributed by atoms with Gasteiger partial charge in [-0.1, -0.05) is 11.2 Å². The number of oxime groups is 1. The van der Waals surface area contributed by atoms with Crippen LogP contribution in [0.5, 0.6) is 5.75 Å².